The molecule has 0 spiro atoms. The Kier molecular flexibility index (Phi) is 2.03. The van der Waals surface area contributed by atoms with E-state index in [-0.39, 0.29) is 0 Å². The van der Waals surface area contributed by atoms with E-state index >= 15 is 0 Å². The van der Waals surface area contributed by atoms with Gasteiger partial charge in [0.25, 0.3) is 0 Å². The normalized spacial score (nSPS) is 10.1. The molecule has 0 aliphatic rings. The second-order valence-electron chi connectivity index (χ2n) is 2.11. The summed E-state index contributed by atoms with van der Waals surface area (Å²) < 4.78 is 5.93. The highest BCUT2D eigenvalue weighted by Gasteiger charge is 2.08. The highest BCUT2D eigenvalue weighted by Crippen LogP contribution is 2.21. The number of aromatic nitrogens is 3. The molecule has 0 unspecified atom stereocenters. The predicted molar refractivity (Wildman–Crippen MR) is 50.2 cm³/mol. The van der Waals surface area contributed by atoms with Gasteiger partial charge in [0.05, 0.1) is 9.77 Å². The lowest BCUT2D eigenvalue weighted by Gasteiger charge is -1.91. The molecule has 0 fully saturated rings. The minimum Gasteiger partial charge on any atom is -0.353 e. The van der Waals surface area contributed by atoms with Crippen LogP contribution in [0.3, 0.4) is 0 Å². The van der Waals surface area contributed by atoms with E-state index in [0.29, 0.717) is 11.5 Å². The maximum absolute atomic E-state index is 4.99. The molecule has 5 heteroatoms. The number of hydrogen-bond acceptors (Lipinski definition) is 4. The lowest BCUT2D eigenvalue weighted by Crippen LogP contribution is -1.84. The molecule has 4 nitrogen and oxygen atoms in total. The van der Waals surface area contributed by atoms with Gasteiger partial charge >= 0.3 is 0 Å². The first kappa shape index (κ1) is 7.66. The second-order valence-corrected chi connectivity index (χ2v) is 3.27. The van der Waals surface area contributed by atoms with E-state index < -0.39 is 0 Å². The van der Waals surface area contributed by atoms with Gasteiger partial charge in [-0.05, 0) is 34.7 Å². The van der Waals surface area contributed by atoms with Crippen molar-refractivity contribution in [3.05, 3.63) is 28.1 Å². The average Bonchev–Trinajstić information content (AvgIpc) is 2.53. The minimum atomic E-state index is 0.670. The summed E-state index contributed by atoms with van der Waals surface area (Å²) in [6, 6.07) is 3.64. The molecule has 0 saturated heterocycles. The van der Waals surface area contributed by atoms with Crippen molar-refractivity contribution in [3.8, 4) is 11.5 Å². The number of hydrogen-bond donors (Lipinski definition) is 0. The van der Waals surface area contributed by atoms with Gasteiger partial charge in [0, 0.05) is 6.20 Å². The summed E-state index contributed by atoms with van der Waals surface area (Å²) in [6.45, 7) is 0. The first-order chi connectivity index (χ1) is 5.88. The molecule has 0 radical (unpaired) electrons. The Labute approximate surface area is 82.1 Å². The smallest absolute Gasteiger partial charge is 0.200 e. The lowest BCUT2D eigenvalue weighted by molar-refractivity contribution is 0.430. The zero-order valence-electron chi connectivity index (χ0n) is 5.94. The Hall–Kier alpha value is -0.980. The topological polar surface area (TPSA) is 51.8 Å². The van der Waals surface area contributed by atoms with E-state index in [1.54, 1.807) is 18.5 Å². The highest BCUT2D eigenvalue weighted by molar-refractivity contribution is 14.1. The molecule has 0 aliphatic heterocycles. The lowest BCUT2D eigenvalue weighted by atomic mass is 10.3. The quantitative estimate of drug-likeness (QED) is 0.742. The zero-order valence-corrected chi connectivity index (χ0v) is 8.09. The van der Waals surface area contributed by atoms with E-state index in [1.807, 2.05) is 6.07 Å². The fourth-order valence-electron chi connectivity index (χ4n) is 0.819. The number of nitrogens with zero attached hydrogens (tertiary/aromatic N) is 3. The van der Waals surface area contributed by atoms with Gasteiger partial charge in [-0.2, -0.15) is 5.10 Å². The molecule has 0 bridgehead atoms. The standard InChI is InChI=1S/C7H4IN3O/c8-5-4-10-12-7(5)6-2-1-3-9-11-6/h1-4H. The van der Waals surface area contributed by atoms with Gasteiger partial charge in [-0.25, -0.2) is 0 Å². The summed E-state index contributed by atoms with van der Waals surface area (Å²) in [5.74, 6) is 0.670. The SMILES string of the molecule is Ic1cnoc1-c1cccnn1. The zero-order chi connectivity index (χ0) is 8.39. The van der Waals surface area contributed by atoms with Crippen molar-refractivity contribution in [1.82, 2.24) is 15.4 Å². The van der Waals surface area contributed by atoms with Gasteiger partial charge in [-0.1, -0.05) is 5.16 Å². The molecule has 2 heterocycles. The van der Waals surface area contributed by atoms with E-state index in [9.17, 15) is 0 Å². The molecular formula is C7H4IN3O. The van der Waals surface area contributed by atoms with E-state index in [1.165, 1.54) is 0 Å². The molecule has 0 aliphatic carbocycles. The molecular weight excluding hydrogens is 269 g/mol. The van der Waals surface area contributed by atoms with Crippen molar-refractivity contribution < 1.29 is 4.52 Å². The van der Waals surface area contributed by atoms with Crippen molar-refractivity contribution >= 4 is 22.6 Å². The van der Waals surface area contributed by atoms with Crippen LogP contribution >= 0.6 is 22.6 Å². The Morgan fingerprint density at radius 1 is 1.42 bits per heavy atom. The molecule has 2 rings (SSSR count). The summed E-state index contributed by atoms with van der Waals surface area (Å²) >= 11 is 2.14. The molecule has 0 atom stereocenters. The third kappa shape index (κ3) is 1.31. The summed E-state index contributed by atoms with van der Waals surface area (Å²) in [5.41, 5.74) is 0.708. The summed E-state index contributed by atoms with van der Waals surface area (Å²) in [4.78, 5) is 0. The monoisotopic (exact) mass is 273 g/mol. The van der Waals surface area contributed by atoms with Gasteiger partial charge in [0.1, 0.15) is 5.69 Å². The maximum Gasteiger partial charge on any atom is 0.200 e. The number of halogens is 1. The fraction of sp³-hybridized carbons (Fsp3) is 0. The largest absolute Gasteiger partial charge is 0.353 e. The van der Waals surface area contributed by atoms with Gasteiger partial charge in [-0.3, -0.25) is 0 Å². The molecule has 0 N–H and O–H groups in total. The van der Waals surface area contributed by atoms with E-state index in [0.717, 1.165) is 3.57 Å². The van der Waals surface area contributed by atoms with Crippen LogP contribution in [-0.4, -0.2) is 15.4 Å². The van der Waals surface area contributed by atoms with Gasteiger partial charge in [0.2, 0.25) is 0 Å². The van der Waals surface area contributed by atoms with Crippen LogP contribution in [0.15, 0.2) is 29.0 Å². The van der Waals surface area contributed by atoms with Crippen LogP contribution < -0.4 is 0 Å². The van der Waals surface area contributed by atoms with Crippen molar-refractivity contribution in [2.75, 3.05) is 0 Å². The van der Waals surface area contributed by atoms with E-state index in [2.05, 4.69) is 37.9 Å². The second kappa shape index (κ2) is 3.18. The fourth-order valence-corrected chi connectivity index (χ4v) is 1.31. The predicted octanol–water partition coefficient (Wildman–Crippen LogP) is 1.74. The van der Waals surface area contributed by atoms with Crippen molar-refractivity contribution in [2.45, 2.75) is 0 Å². The third-order valence-electron chi connectivity index (χ3n) is 1.33. The Morgan fingerprint density at radius 2 is 2.33 bits per heavy atom. The highest BCUT2D eigenvalue weighted by atomic mass is 127. The summed E-state index contributed by atoms with van der Waals surface area (Å²) in [7, 11) is 0. The molecule has 0 amide bonds. The molecule has 2 aromatic rings. The summed E-state index contributed by atoms with van der Waals surface area (Å²) in [6.07, 6.45) is 3.26. The van der Waals surface area contributed by atoms with Crippen LogP contribution in [0.25, 0.3) is 11.5 Å². The van der Waals surface area contributed by atoms with Gasteiger partial charge in [-0.15, -0.1) is 5.10 Å². The Balaban J connectivity index is 2.51. The molecule has 0 aromatic carbocycles. The molecule has 60 valence electrons. The van der Waals surface area contributed by atoms with Crippen LogP contribution in [0.4, 0.5) is 0 Å². The van der Waals surface area contributed by atoms with Gasteiger partial charge in [0.15, 0.2) is 5.76 Å². The van der Waals surface area contributed by atoms with Crippen LogP contribution in [0.1, 0.15) is 0 Å². The van der Waals surface area contributed by atoms with Crippen LogP contribution in [-0.2, 0) is 0 Å². The van der Waals surface area contributed by atoms with E-state index in [4.69, 9.17) is 4.52 Å². The molecule has 12 heavy (non-hydrogen) atoms. The Bertz CT molecular complexity index is 373. The van der Waals surface area contributed by atoms with Crippen LogP contribution in [0, 0.1) is 3.57 Å². The van der Waals surface area contributed by atoms with Gasteiger partial charge < -0.3 is 4.52 Å². The number of rotatable bonds is 1. The molecule has 2 aromatic heterocycles. The van der Waals surface area contributed by atoms with Crippen molar-refractivity contribution in [1.29, 1.82) is 0 Å². The van der Waals surface area contributed by atoms with Crippen LogP contribution in [0.5, 0.6) is 0 Å². The molecule has 0 saturated carbocycles. The minimum absolute atomic E-state index is 0.670. The average molecular weight is 273 g/mol. The maximum atomic E-state index is 4.99. The van der Waals surface area contributed by atoms with Crippen LogP contribution in [0.2, 0.25) is 0 Å². The summed E-state index contributed by atoms with van der Waals surface area (Å²) in [5, 5.41) is 11.3. The first-order valence-corrected chi connectivity index (χ1v) is 4.34. The van der Waals surface area contributed by atoms with Crippen molar-refractivity contribution in [3.63, 3.8) is 0 Å². The first-order valence-electron chi connectivity index (χ1n) is 3.26. The van der Waals surface area contributed by atoms with Crippen molar-refractivity contribution in [2.24, 2.45) is 0 Å². The Morgan fingerprint density at radius 3 is 2.92 bits per heavy atom. The third-order valence-corrected chi connectivity index (χ3v) is 2.10.